The summed E-state index contributed by atoms with van der Waals surface area (Å²) in [4.78, 5) is 13.1. The largest absolute Gasteiger partial charge is 0.384 e. The van der Waals surface area contributed by atoms with Crippen molar-refractivity contribution in [3.05, 3.63) is 102 Å². The fraction of sp³-hybridized carbons (Fsp3) is 0.240. The topological polar surface area (TPSA) is 72.5 Å². The Hall–Kier alpha value is -2.96. The van der Waals surface area contributed by atoms with Crippen LogP contribution >= 0.6 is 0 Å². The number of nitrogens with one attached hydrogen (secondary N) is 1. The maximum Gasteiger partial charge on any atom is 0.251 e. The molecular formula is C25H27NO4S. The second-order valence-corrected chi connectivity index (χ2v) is 9.51. The van der Waals surface area contributed by atoms with E-state index >= 15 is 0 Å². The predicted molar refractivity (Wildman–Crippen MR) is 122 cm³/mol. The van der Waals surface area contributed by atoms with Gasteiger partial charge in [0, 0.05) is 24.6 Å². The van der Waals surface area contributed by atoms with Gasteiger partial charge in [-0.15, -0.1) is 0 Å². The van der Waals surface area contributed by atoms with Crippen molar-refractivity contribution in [1.29, 1.82) is 0 Å². The Labute approximate surface area is 184 Å². The summed E-state index contributed by atoms with van der Waals surface area (Å²) in [7, 11) is -1.97. The molecule has 0 aliphatic rings. The van der Waals surface area contributed by atoms with Gasteiger partial charge in [-0.2, -0.15) is 0 Å². The summed E-state index contributed by atoms with van der Waals surface area (Å²) in [5.74, 6) is -0.354. The molecule has 0 aliphatic carbocycles. The monoisotopic (exact) mass is 437 g/mol. The molecule has 3 rings (SSSR count). The third-order valence-corrected chi connectivity index (χ3v) is 6.90. The van der Waals surface area contributed by atoms with Crippen LogP contribution in [0, 0.1) is 0 Å². The van der Waals surface area contributed by atoms with Crippen LogP contribution in [0.3, 0.4) is 0 Å². The second kappa shape index (κ2) is 10.4. The van der Waals surface area contributed by atoms with Crippen LogP contribution in [0.1, 0.15) is 34.3 Å². The highest BCUT2D eigenvalue weighted by atomic mass is 32.2. The SMILES string of the molecule is COCCS(=O)(=O)c1ccc(C(=O)NC(C)C(c2ccccc2)c2ccccc2)cc1. The molecule has 0 heterocycles. The van der Waals surface area contributed by atoms with Crippen molar-refractivity contribution in [1.82, 2.24) is 5.32 Å². The van der Waals surface area contributed by atoms with Crippen LogP contribution in [-0.4, -0.2) is 39.8 Å². The van der Waals surface area contributed by atoms with E-state index in [1.54, 1.807) is 12.1 Å². The van der Waals surface area contributed by atoms with Crippen LogP contribution in [0.15, 0.2) is 89.8 Å². The summed E-state index contributed by atoms with van der Waals surface area (Å²) in [6.45, 7) is 2.11. The van der Waals surface area contributed by atoms with Gasteiger partial charge >= 0.3 is 0 Å². The van der Waals surface area contributed by atoms with E-state index in [4.69, 9.17) is 4.74 Å². The minimum atomic E-state index is -3.43. The summed E-state index contributed by atoms with van der Waals surface area (Å²) in [6.07, 6.45) is 0. The molecule has 0 radical (unpaired) electrons. The lowest BCUT2D eigenvalue weighted by molar-refractivity contribution is 0.0937. The number of ether oxygens (including phenoxy) is 1. The zero-order chi connectivity index (χ0) is 22.3. The number of rotatable bonds is 9. The number of carbonyl (C=O) groups excluding carboxylic acids is 1. The van der Waals surface area contributed by atoms with Gasteiger partial charge in [-0.3, -0.25) is 4.79 Å². The highest BCUT2D eigenvalue weighted by Crippen LogP contribution is 2.28. The van der Waals surface area contributed by atoms with Crippen LogP contribution in [0.2, 0.25) is 0 Å². The van der Waals surface area contributed by atoms with E-state index in [2.05, 4.69) is 29.6 Å². The van der Waals surface area contributed by atoms with Gasteiger partial charge in [0.15, 0.2) is 9.84 Å². The predicted octanol–water partition coefficient (Wildman–Crippen LogP) is 4.06. The fourth-order valence-corrected chi connectivity index (χ4v) is 4.76. The molecule has 3 aromatic rings. The molecule has 31 heavy (non-hydrogen) atoms. The summed E-state index contributed by atoms with van der Waals surface area (Å²) >= 11 is 0. The summed E-state index contributed by atoms with van der Waals surface area (Å²) < 4.78 is 29.4. The number of amides is 1. The lowest BCUT2D eigenvalue weighted by atomic mass is 9.85. The van der Waals surface area contributed by atoms with E-state index in [0.29, 0.717) is 5.56 Å². The molecule has 0 aromatic heterocycles. The molecule has 0 saturated carbocycles. The Kier molecular flexibility index (Phi) is 7.60. The average molecular weight is 438 g/mol. The zero-order valence-electron chi connectivity index (χ0n) is 17.7. The van der Waals surface area contributed by atoms with Crippen molar-refractivity contribution in [3.8, 4) is 0 Å². The lowest BCUT2D eigenvalue weighted by Crippen LogP contribution is -2.37. The molecule has 0 aliphatic heterocycles. The number of sulfone groups is 1. The maximum atomic E-state index is 12.9. The quantitative estimate of drug-likeness (QED) is 0.548. The first-order valence-corrected chi connectivity index (χ1v) is 11.8. The molecule has 3 aromatic carbocycles. The van der Waals surface area contributed by atoms with Crippen LogP contribution in [0.4, 0.5) is 0 Å². The van der Waals surface area contributed by atoms with Crippen LogP contribution < -0.4 is 5.32 Å². The van der Waals surface area contributed by atoms with Gasteiger partial charge in [0.05, 0.1) is 17.3 Å². The fourth-order valence-electron chi connectivity index (χ4n) is 3.59. The molecule has 5 nitrogen and oxygen atoms in total. The molecule has 1 atom stereocenters. The number of hydrogen-bond acceptors (Lipinski definition) is 4. The van der Waals surface area contributed by atoms with Crippen LogP contribution in [0.5, 0.6) is 0 Å². The van der Waals surface area contributed by atoms with Crippen molar-refractivity contribution in [2.45, 2.75) is 23.8 Å². The number of methoxy groups -OCH3 is 1. The zero-order valence-corrected chi connectivity index (χ0v) is 18.5. The Morgan fingerprint density at radius 3 is 1.87 bits per heavy atom. The highest BCUT2D eigenvalue weighted by Gasteiger charge is 2.23. The van der Waals surface area contributed by atoms with E-state index in [0.717, 1.165) is 11.1 Å². The van der Waals surface area contributed by atoms with E-state index in [-0.39, 0.29) is 35.1 Å². The Bertz CT molecular complexity index is 1040. The summed E-state index contributed by atoms with van der Waals surface area (Å²) in [5, 5.41) is 3.08. The van der Waals surface area contributed by atoms with E-state index < -0.39 is 9.84 Å². The molecule has 0 saturated heterocycles. The van der Waals surface area contributed by atoms with Gasteiger partial charge in [0.25, 0.3) is 5.91 Å². The number of benzene rings is 3. The maximum absolute atomic E-state index is 12.9. The molecule has 6 heteroatoms. The van der Waals surface area contributed by atoms with Crippen molar-refractivity contribution in [3.63, 3.8) is 0 Å². The average Bonchev–Trinajstić information content (AvgIpc) is 2.79. The Balaban J connectivity index is 1.78. The minimum Gasteiger partial charge on any atom is -0.384 e. The first kappa shape index (κ1) is 22.7. The molecule has 0 bridgehead atoms. The van der Waals surface area contributed by atoms with Gasteiger partial charge in [-0.05, 0) is 42.3 Å². The highest BCUT2D eigenvalue weighted by molar-refractivity contribution is 7.91. The van der Waals surface area contributed by atoms with Crippen LogP contribution in [0.25, 0.3) is 0 Å². The first-order chi connectivity index (χ1) is 14.9. The van der Waals surface area contributed by atoms with Crippen molar-refractivity contribution in [2.24, 2.45) is 0 Å². The summed E-state index contributed by atoms with van der Waals surface area (Å²) in [6, 6.07) is 26.0. The van der Waals surface area contributed by atoms with Crippen molar-refractivity contribution < 1.29 is 17.9 Å². The molecule has 162 valence electrons. The molecule has 1 N–H and O–H groups in total. The molecule has 1 unspecified atom stereocenters. The van der Waals surface area contributed by atoms with Gasteiger partial charge in [-0.1, -0.05) is 60.7 Å². The number of carbonyl (C=O) groups is 1. The van der Waals surface area contributed by atoms with E-state index in [1.807, 2.05) is 43.3 Å². The van der Waals surface area contributed by atoms with E-state index in [1.165, 1.54) is 19.2 Å². The third kappa shape index (κ3) is 5.81. The molecule has 0 spiro atoms. The smallest absolute Gasteiger partial charge is 0.251 e. The van der Waals surface area contributed by atoms with Gasteiger partial charge in [0.1, 0.15) is 0 Å². The van der Waals surface area contributed by atoms with Gasteiger partial charge in [-0.25, -0.2) is 8.42 Å². The second-order valence-electron chi connectivity index (χ2n) is 7.40. The Morgan fingerprint density at radius 1 is 0.871 bits per heavy atom. The van der Waals surface area contributed by atoms with Gasteiger partial charge in [0.2, 0.25) is 0 Å². The van der Waals surface area contributed by atoms with Crippen LogP contribution in [-0.2, 0) is 14.6 Å². The first-order valence-electron chi connectivity index (χ1n) is 10.1. The number of hydrogen-bond donors (Lipinski definition) is 1. The van der Waals surface area contributed by atoms with Gasteiger partial charge < -0.3 is 10.1 Å². The van der Waals surface area contributed by atoms with Crippen molar-refractivity contribution >= 4 is 15.7 Å². The lowest BCUT2D eigenvalue weighted by Gasteiger charge is -2.26. The third-order valence-electron chi connectivity index (χ3n) is 5.21. The van der Waals surface area contributed by atoms with E-state index in [9.17, 15) is 13.2 Å². The molecule has 0 fully saturated rings. The summed E-state index contributed by atoms with van der Waals surface area (Å²) in [5.41, 5.74) is 2.64. The molecule has 1 amide bonds. The van der Waals surface area contributed by atoms with Crippen molar-refractivity contribution in [2.75, 3.05) is 19.5 Å². The Morgan fingerprint density at radius 2 is 1.39 bits per heavy atom. The standard InChI is InChI=1S/C25H27NO4S/c1-19(24(20-9-5-3-6-10-20)21-11-7-4-8-12-21)26-25(27)22-13-15-23(16-14-22)31(28,29)18-17-30-2/h3-16,19,24H,17-18H2,1-2H3,(H,26,27). The molecular weight excluding hydrogens is 410 g/mol. The minimum absolute atomic E-state index is 0.0138. The normalized spacial score (nSPS) is 12.5.